The zero-order valence-electron chi connectivity index (χ0n) is 9.72. The fourth-order valence-electron chi connectivity index (χ4n) is 1.34. The van der Waals surface area contributed by atoms with E-state index >= 15 is 0 Å². The van der Waals surface area contributed by atoms with Gasteiger partial charge in [-0.2, -0.15) is 8.42 Å². The molecular weight excluding hydrogens is 244 g/mol. The molecule has 0 fully saturated rings. The second-order valence-electron chi connectivity index (χ2n) is 4.73. The third kappa shape index (κ3) is 2.83. The molecule has 1 radical (unpaired) electrons. The first-order valence-corrected chi connectivity index (χ1v) is 6.27. The van der Waals surface area contributed by atoms with Crippen LogP contribution in [0, 0.1) is 0 Å². The van der Waals surface area contributed by atoms with Gasteiger partial charge in [-0.15, -0.1) is 0 Å². The van der Waals surface area contributed by atoms with E-state index in [1.807, 2.05) is 0 Å². The predicted octanol–water partition coefficient (Wildman–Crippen LogP) is 1.62. The fourth-order valence-corrected chi connectivity index (χ4v) is 1.97. The molecule has 1 N–H and O–H groups in total. The van der Waals surface area contributed by atoms with E-state index in [4.69, 9.17) is 0 Å². The van der Waals surface area contributed by atoms with Crippen molar-refractivity contribution >= 4 is 16.4 Å². The number of hydrogen-bond acceptors (Lipinski definition) is 4. The average molecular weight is 257 g/mol. The van der Waals surface area contributed by atoms with E-state index in [-0.39, 0.29) is 5.56 Å². The fraction of sp³-hybridized carbons (Fsp3) is 0.364. The molecule has 1 aromatic rings. The van der Waals surface area contributed by atoms with Crippen LogP contribution >= 0.6 is 0 Å². The summed E-state index contributed by atoms with van der Waals surface area (Å²) in [7, 11) is -4.81. The minimum atomic E-state index is -4.81. The van der Waals surface area contributed by atoms with E-state index in [9.17, 15) is 22.9 Å². The molecule has 0 saturated heterocycles. The standard InChI is InChI=1S/C11H13O5S/c1-11(2,3)8-4-7(6-12)10(13)9(5-8)17(14,15)16/h4-6,13H,1-3H3. The van der Waals surface area contributed by atoms with Gasteiger partial charge >= 0.3 is 10.1 Å². The number of aromatic hydroxyl groups is 1. The Labute approximate surface area is 99.8 Å². The van der Waals surface area contributed by atoms with E-state index in [0.29, 0.717) is 11.8 Å². The largest absolute Gasteiger partial charge is 0.506 e. The zero-order chi connectivity index (χ0) is 13.4. The van der Waals surface area contributed by atoms with Crippen LogP contribution in [0.2, 0.25) is 0 Å². The number of phenolic OH excluding ortho intramolecular Hbond substituents is 1. The summed E-state index contributed by atoms with van der Waals surface area (Å²) >= 11 is 0. The van der Waals surface area contributed by atoms with E-state index in [1.165, 1.54) is 6.07 Å². The third-order valence-electron chi connectivity index (χ3n) is 2.37. The Morgan fingerprint density at radius 2 is 1.76 bits per heavy atom. The summed E-state index contributed by atoms with van der Waals surface area (Å²) in [6, 6.07) is 2.47. The van der Waals surface area contributed by atoms with Gasteiger partial charge in [-0.3, -0.25) is 4.79 Å². The molecule has 0 aliphatic carbocycles. The number of aldehydes is 1. The second-order valence-corrected chi connectivity index (χ2v) is 6.08. The van der Waals surface area contributed by atoms with Crippen molar-refractivity contribution in [3.8, 4) is 5.75 Å². The summed E-state index contributed by atoms with van der Waals surface area (Å²) in [5.41, 5.74) is -0.149. The SMILES string of the molecule is CC(C)(C)c1cc(C=O)c(O)c(S([O])(=O)=O)c1. The summed E-state index contributed by atoms with van der Waals surface area (Å²) in [5.74, 6) is -0.789. The van der Waals surface area contributed by atoms with Crippen LogP contribution in [0.1, 0.15) is 36.7 Å². The van der Waals surface area contributed by atoms with Crippen LogP contribution in [-0.2, 0) is 20.1 Å². The molecular formula is C11H13O5S. The second kappa shape index (κ2) is 4.12. The summed E-state index contributed by atoms with van der Waals surface area (Å²) in [6.45, 7) is 5.40. The molecule has 0 aliphatic heterocycles. The summed E-state index contributed by atoms with van der Waals surface area (Å²) < 4.78 is 32.9. The predicted molar refractivity (Wildman–Crippen MR) is 60.1 cm³/mol. The van der Waals surface area contributed by atoms with Crippen molar-refractivity contribution in [3.63, 3.8) is 0 Å². The van der Waals surface area contributed by atoms with Crippen LogP contribution in [0.4, 0.5) is 0 Å². The lowest BCUT2D eigenvalue weighted by atomic mass is 9.86. The number of benzene rings is 1. The zero-order valence-corrected chi connectivity index (χ0v) is 10.5. The van der Waals surface area contributed by atoms with Crippen molar-refractivity contribution in [2.24, 2.45) is 0 Å². The Hall–Kier alpha value is -1.40. The van der Waals surface area contributed by atoms with Gasteiger partial charge in [0.1, 0.15) is 10.6 Å². The van der Waals surface area contributed by atoms with Gasteiger partial charge in [0.2, 0.25) is 0 Å². The first-order chi connectivity index (χ1) is 7.57. The number of hydrogen-bond donors (Lipinski definition) is 1. The lowest BCUT2D eigenvalue weighted by Crippen LogP contribution is -2.13. The lowest BCUT2D eigenvalue weighted by molar-refractivity contribution is 0.112. The smallest absolute Gasteiger partial charge is 0.327 e. The van der Waals surface area contributed by atoms with Crippen LogP contribution in [0.25, 0.3) is 0 Å². The van der Waals surface area contributed by atoms with Gasteiger partial charge in [-0.05, 0) is 23.1 Å². The molecule has 0 aliphatic rings. The van der Waals surface area contributed by atoms with Crippen LogP contribution in [0.3, 0.4) is 0 Å². The maximum atomic E-state index is 11.0. The Balaban J connectivity index is 3.68. The molecule has 0 saturated carbocycles. The van der Waals surface area contributed by atoms with Gasteiger partial charge in [0.05, 0.1) is 5.56 Å². The van der Waals surface area contributed by atoms with E-state index < -0.39 is 26.2 Å². The number of carbonyl (C=O) groups is 1. The first kappa shape index (κ1) is 13.7. The Bertz CT molecular complexity index is 552. The van der Waals surface area contributed by atoms with Gasteiger partial charge < -0.3 is 5.11 Å². The molecule has 93 valence electrons. The van der Waals surface area contributed by atoms with Gasteiger partial charge in [-0.1, -0.05) is 25.3 Å². The van der Waals surface area contributed by atoms with Crippen molar-refractivity contribution < 1.29 is 22.9 Å². The van der Waals surface area contributed by atoms with Crippen molar-refractivity contribution in [3.05, 3.63) is 23.3 Å². The number of rotatable bonds is 2. The summed E-state index contributed by atoms with van der Waals surface area (Å²) in [5, 5.41) is 9.50. The minimum Gasteiger partial charge on any atom is -0.506 e. The highest BCUT2D eigenvalue weighted by molar-refractivity contribution is 7.85. The molecule has 0 amide bonds. The van der Waals surface area contributed by atoms with Crippen LogP contribution in [-0.4, -0.2) is 19.8 Å². The highest BCUT2D eigenvalue weighted by Crippen LogP contribution is 2.32. The Morgan fingerprint density at radius 3 is 2.12 bits per heavy atom. The third-order valence-corrected chi connectivity index (χ3v) is 3.22. The number of carbonyl (C=O) groups excluding carboxylic acids is 1. The van der Waals surface area contributed by atoms with Gasteiger partial charge in [0.15, 0.2) is 6.29 Å². The molecule has 0 atom stereocenters. The quantitative estimate of drug-likeness (QED) is 0.815. The van der Waals surface area contributed by atoms with Gasteiger partial charge in [-0.25, -0.2) is 0 Å². The maximum Gasteiger partial charge on any atom is 0.327 e. The van der Waals surface area contributed by atoms with Crippen molar-refractivity contribution in [2.45, 2.75) is 31.1 Å². The Morgan fingerprint density at radius 1 is 1.24 bits per heavy atom. The maximum absolute atomic E-state index is 11.0. The van der Waals surface area contributed by atoms with Crippen LogP contribution < -0.4 is 0 Å². The molecule has 0 spiro atoms. The lowest BCUT2D eigenvalue weighted by Gasteiger charge is -2.20. The summed E-state index contributed by atoms with van der Waals surface area (Å²) in [4.78, 5) is 9.97. The normalized spacial score (nSPS) is 12.5. The van der Waals surface area contributed by atoms with Crippen LogP contribution in [0.15, 0.2) is 17.0 Å². The van der Waals surface area contributed by atoms with Crippen LogP contribution in [0.5, 0.6) is 5.75 Å². The highest BCUT2D eigenvalue weighted by Gasteiger charge is 2.24. The highest BCUT2D eigenvalue weighted by atomic mass is 32.2. The molecule has 17 heavy (non-hydrogen) atoms. The van der Waals surface area contributed by atoms with Gasteiger partial charge in [0.25, 0.3) is 0 Å². The molecule has 1 aromatic carbocycles. The van der Waals surface area contributed by atoms with E-state index in [2.05, 4.69) is 0 Å². The molecule has 6 heteroatoms. The van der Waals surface area contributed by atoms with Crippen molar-refractivity contribution in [2.75, 3.05) is 0 Å². The minimum absolute atomic E-state index is 0.202. The monoisotopic (exact) mass is 257 g/mol. The van der Waals surface area contributed by atoms with Crippen molar-refractivity contribution in [1.29, 1.82) is 0 Å². The van der Waals surface area contributed by atoms with E-state index in [0.717, 1.165) is 6.07 Å². The first-order valence-electron chi connectivity index (χ1n) is 4.86. The molecule has 5 nitrogen and oxygen atoms in total. The Kier molecular flexibility index (Phi) is 3.31. The molecule has 1 rings (SSSR count). The number of phenols is 1. The average Bonchev–Trinajstić information content (AvgIpc) is 2.14. The molecule has 0 heterocycles. The van der Waals surface area contributed by atoms with Gasteiger partial charge in [0, 0.05) is 0 Å². The molecule has 0 bridgehead atoms. The molecule has 0 aromatic heterocycles. The van der Waals surface area contributed by atoms with Crippen molar-refractivity contribution in [1.82, 2.24) is 0 Å². The summed E-state index contributed by atoms with van der Waals surface area (Å²) in [6.07, 6.45) is 0.319. The van der Waals surface area contributed by atoms with E-state index in [1.54, 1.807) is 20.8 Å². The molecule has 0 unspecified atom stereocenters. The topological polar surface area (TPSA) is 91.3 Å².